The zero-order valence-electron chi connectivity index (χ0n) is 10.3. The molecule has 18 heavy (non-hydrogen) atoms. The molecular formula is C12H16N2O4. The van der Waals surface area contributed by atoms with Crippen LogP contribution in [0.2, 0.25) is 0 Å². The number of carbonyl (C=O) groups excluding carboxylic acids is 1. The van der Waals surface area contributed by atoms with Gasteiger partial charge in [-0.25, -0.2) is 0 Å². The molecule has 1 spiro atoms. The average Bonchev–Trinajstić information content (AvgIpc) is 2.98. The van der Waals surface area contributed by atoms with Gasteiger partial charge in [0.2, 0.25) is 0 Å². The minimum atomic E-state index is -0.591. The third kappa shape index (κ3) is 2.02. The Morgan fingerprint density at radius 3 is 2.89 bits per heavy atom. The van der Waals surface area contributed by atoms with Gasteiger partial charge in [0.25, 0.3) is 5.91 Å². The number of aromatic nitrogens is 1. The van der Waals surface area contributed by atoms with Gasteiger partial charge in [-0.05, 0) is 13.3 Å². The molecular weight excluding hydrogens is 236 g/mol. The summed E-state index contributed by atoms with van der Waals surface area (Å²) in [5.74, 6) is -0.0735. The molecule has 0 bridgehead atoms. The molecule has 3 heterocycles. The van der Waals surface area contributed by atoms with Crippen LogP contribution >= 0.6 is 0 Å². The van der Waals surface area contributed by atoms with Crippen LogP contribution in [0.3, 0.4) is 0 Å². The highest BCUT2D eigenvalue weighted by atomic mass is 16.7. The summed E-state index contributed by atoms with van der Waals surface area (Å²) in [5.41, 5.74) is 0.350. The maximum Gasteiger partial charge on any atom is 0.276 e. The van der Waals surface area contributed by atoms with Crippen LogP contribution in [0.1, 0.15) is 29.1 Å². The largest absolute Gasteiger partial charge is 0.361 e. The fourth-order valence-corrected chi connectivity index (χ4v) is 2.52. The van der Waals surface area contributed by atoms with Gasteiger partial charge in [0, 0.05) is 19.0 Å². The standard InChI is InChI=1S/C12H16N2O4/c1-9-7-10(13-18-9)11(15)14-4-2-3-12(8-14)16-5-6-17-12/h7H,2-6,8H2,1H3. The minimum Gasteiger partial charge on any atom is -0.361 e. The van der Waals surface area contributed by atoms with E-state index in [2.05, 4.69) is 5.16 Å². The SMILES string of the molecule is Cc1cc(C(=O)N2CCCC3(C2)OCCO3)no1. The van der Waals surface area contributed by atoms with E-state index in [1.807, 2.05) is 0 Å². The summed E-state index contributed by atoms with van der Waals surface area (Å²) in [7, 11) is 0. The van der Waals surface area contributed by atoms with Gasteiger partial charge in [0.05, 0.1) is 19.8 Å². The molecule has 1 aromatic heterocycles. The van der Waals surface area contributed by atoms with Gasteiger partial charge in [-0.1, -0.05) is 5.16 Å². The van der Waals surface area contributed by atoms with E-state index in [1.165, 1.54) is 0 Å². The van der Waals surface area contributed by atoms with E-state index in [0.29, 0.717) is 37.8 Å². The van der Waals surface area contributed by atoms with Crippen molar-refractivity contribution in [2.75, 3.05) is 26.3 Å². The van der Waals surface area contributed by atoms with Crippen molar-refractivity contribution in [3.8, 4) is 0 Å². The Labute approximate surface area is 105 Å². The van der Waals surface area contributed by atoms with Crippen molar-refractivity contribution >= 4 is 5.91 Å². The number of nitrogens with zero attached hydrogens (tertiary/aromatic N) is 2. The lowest BCUT2D eigenvalue weighted by Gasteiger charge is -2.38. The second-order valence-corrected chi connectivity index (χ2v) is 4.76. The quantitative estimate of drug-likeness (QED) is 0.745. The molecule has 2 aliphatic rings. The van der Waals surface area contributed by atoms with Gasteiger partial charge in [0.15, 0.2) is 11.5 Å². The lowest BCUT2D eigenvalue weighted by molar-refractivity contribution is -0.183. The number of hydrogen-bond donors (Lipinski definition) is 0. The number of ether oxygens (including phenoxy) is 2. The fourth-order valence-electron chi connectivity index (χ4n) is 2.52. The number of hydrogen-bond acceptors (Lipinski definition) is 5. The molecule has 0 radical (unpaired) electrons. The predicted molar refractivity (Wildman–Crippen MR) is 61.0 cm³/mol. The van der Waals surface area contributed by atoms with Gasteiger partial charge < -0.3 is 18.9 Å². The summed E-state index contributed by atoms with van der Waals surface area (Å²) >= 11 is 0. The highest BCUT2D eigenvalue weighted by Gasteiger charge is 2.42. The van der Waals surface area contributed by atoms with E-state index in [4.69, 9.17) is 14.0 Å². The molecule has 0 aromatic carbocycles. The van der Waals surface area contributed by atoms with Crippen LogP contribution in [-0.4, -0.2) is 48.1 Å². The maximum absolute atomic E-state index is 12.2. The Morgan fingerprint density at radius 1 is 1.44 bits per heavy atom. The third-order valence-electron chi connectivity index (χ3n) is 3.37. The average molecular weight is 252 g/mol. The highest BCUT2D eigenvalue weighted by molar-refractivity contribution is 5.92. The van der Waals surface area contributed by atoms with E-state index in [0.717, 1.165) is 12.8 Å². The first-order valence-corrected chi connectivity index (χ1v) is 6.19. The summed E-state index contributed by atoms with van der Waals surface area (Å²) in [6.07, 6.45) is 1.72. The molecule has 2 aliphatic heterocycles. The lowest BCUT2D eigenvalue weighted by atomic mass is 10.0. The summed E-state index contributed by atoms with van der Waals surface area (Å²) in [4.78, 5) is 14.0. The van der Waals surface area contributed by atoms with Crippen LogP contribution in [0.25, 0.3) is 0 Å². The fraction of sp³-hybridized carbons (Fsp3) is 0.667. The second kappa shape index (κ2) is 4.37. The number of carbonyl (C=O) groups is 1. The van der Waals surface area contributed by atoms with Crippen LogP contribution in [0.4, 0.5) is 0 Å². The molecule has 0 saturated carbocycles. The van der Waals surface area contributed by atoms with Gasteiger partial charge in [0.1, 0.15) is 5.76 Å². The smallest absolute Gasteiger partial charge is 0.276 e. The van der Waals surface area contributed by atoms with Crippen molar-refractivity contribution in [2.45, 2.75) is 25.6 Å². The van der Waals surface area contributed by atoms with E-state index >= 15 is 0 Å². The molecule has 98 valence electrons. The molecule has 0 unspecified atom stereocenters. The molecule has 3 rings (SSSR count). The van der Waals surface area contributed by atoms with E-state index in [9.17, 15) is 4.79 Å². The Kier molecular flexibility index (Phi) is 2.83. The van der Waals surface area contributed by atoms with Crippen molar-refractivity contribution in [2.24, 2.45) is 0 Å². The van der Waals surface area contributed by atoms with Gasteiger partial charge in [-0.3, -0.25) is 4.79 Å². The van der Waals surface area contributed by atoms with Crippen molar-refractivity contribution in [1.82, 2.24) is 10.1 Å². The number of aryl methyl sites for hydroxylation is 1. The third-order valence-corrected chi connectivity index (χ3v) is 3.37. The second-order valence-electron chi connectivity index (χ2n) is 4.76. The van der Waals surface area contributed by atoms with Gasteiger partial charge in [-0.15, -0.1) is 0 Å². The highest BCUT2D eigenvalue weighted by Crippen LogP contribution is 2.30. The topological polar surface area (TPSA) is 64.8 Å². The molecule has 1 aromatic rings. The number of rotatable bonds is 1. The van der Waals surface area contributed by atoms with Crippen LogP contribution in [0, 0.1) is 6.92 Å². The zero-order chi connectivity index (χ0) is 12.6. The van der Waals surface area contributed by atoms with Crippen molar-refractivity contribution in [3.05, 3.63) is 17.5 Å². The molecule has 1 amide bonds. The van der Waals surface area contributed by atoms with Crippen molar-refractivity contribution in [3.63, 3.8) is 0 Å². The van der Waals surface area contributed by atoms with Crippen LogP contribution < -0.4 is 0 Å². The lowest BCUT2D eigenvalue weighted by Crippen LogP contribution is -2.51. The minimum absolute atomic E-state index is 0.120. The Morgan fingerprint density at radius 2 is 2.22 bits per heavy atom. The normalized spacial score (nSPS) is 22.6. The van der Waals surface area contributed by atoms with Crippen molar-refractivity contribution < 1.29 is 18.8 Å². The van der Waals surface area contributed by atoms with Gasteiger partial charge in [-0.2, -0.15) is 0 Å². The summed E-state index contributed by atoms with van der Waals surface area (Å²) in [5, 5.41) is 3.76. The van der Waals surface area contributed by atoms with Crippen LogP contribution in [0.15, 0.2) is 10.6 Å². The van der Waals surface area contributed by atoms with Crippen LogP contribution in [-0.2, 0) is 9.47 Å². The molecule has 0 N–H and O–H groups in total. The van der Waals surface area contributed by atoms with Crippen LogP contribution in [0.5, 0.6) is 0 Å². The predicted octanol–water partition coefficient (Wildman–Crippen LogP) is 0.962. The van der Waals surface area contributed by atoms with Crippen molar-refractivity contribution in [1.29, 1.82) is 0 Å². The Balaban J connectivity index is 1.74. The Hall–Kier alpha value is -1.40. The van der Waals surface area contributed by atoms with E-state index < -0.39 is 5.79 Å². The first kappa shape index (κ1) is 11.7. The molecule has 6 nitrogen and oxygen atoms in total. The number of piperidine rings is 1. The summed E-state index contributed by atoms with van der Waals surface area (Å²) in [6.45, 7) is 4.15. The molecule has 0 atom stereocenters. The first-order chi connectivity index (χ1) is 8.69. The van der Waals surface area contributed by atoms with E-state index in [-0.39, 0.29) is 5.91 Å². The summed E-state index contributed by atoms with van der Waals surface area (Å²) < 4.78 is 16.2. The maximum atomic E-state index is 12.2. The molecule has 6 heteroatoms. The summed E-state index contributed by atoms with van der Waals surface area (Å²) in [6, 6.07) is 1.65. The van der Waals surface area contributed by atoms with Gasteiger partial charge >= 0.3 is 0 Å². The Bertz CT molecular complexity index is 451. The monoisotopic (exact) mass is 252 g/mol. The molecule has 2 saturated heterocycles. The number of amides is 1. The zero-order valence-corrected chi connectivity index (χ0v) is 10.3. The first-order valence-electron chi connectivity index (χ1n) is 6.19. The number of likely N-dealkylation sites (tertiary alicyclic amines) is 1. The molecule has 0 aliphatic carbocycles. The van der Waals surface area contributed by atoms with E-state index in [1.54, 1.807) is 17.9 Å². The molecule has 2 fully saturated rings.